The van der Waals surface area contributed by atoms with Gasteiger partial charge in [-0.15, -0.1) is 10.2 Å². The fourth-order valence-corrected chi connectivity index (χ4v) is 3.02. The zero-order chi connectivity index (χ0) is 23.9. The predicted molar refractivity (Wildman–Crippen MR) is 112 cm³/mol. The number of nitrogens with one attached hydrogen (secondary N) is 2. The van der Waals surface area contributed by atoms with E-state index in [-0.39, 0.29) is 16.5 Å². The highest BCUT2D eigenvalue weighted by Gasteiger charge is 2.52. The van der Waals surface area contributed by atoms with Crippen LogP contribution in [0.3, 0.4) is 0 Å². The van der Waals surface area contributed by atoms with Crippen molar-refractivity contribution in [1.82, 2.24) is 15.5 Å². The van der Waals surface area contributed by atoms with E-state index in [0.717, 1.165) is 0 Å². The minimum atomic E-state index is -2.69. The number of anilines is 2. The lowest BCUT2D eigenvalue weighted by Crippen LogP contribution is -2.41. The normalized spacial score (nSPS) is 19.1. The van der Waals surface area contributed by atoms with E-state index < -0.39 is 31.2 Å². The smallest absolute Gasteiger partial charge is 0.495 e. The second-order valence-electron chi connectivity index (χ2n) is 7.52. The first kappa shape index (κ1) is 17.5. The van der Waals surface area contributed by atoms with Crippen LogP contribution < -0.4 is 20.8 Å². The molecule has 8 nitrogen and oxygen atoms in total. The SMILES string of the molecule is [2H]C([2H])([2H])NC(=O)c1nnc(Cl)cc1Nc1cccc(B2OC(C)(C)C(C)(C)O2)c1OC. The summed E-state index contributed by atoms with van der Waals surface area (Å²) in [4.78, 5) is 12.4. The van der Waals surface area contributed by atoms with Crippen LogP contribution in [-0.2, 0) is 9.31 Å². The Hall–Kier alpha value is -2.36. The number of benzene rings is 1. The molecule has 10 heteroatoms. The van der Waals surface area contributed by atoms with Crippen LogP contribution in [0.4, 0.5) is 11.4 Å². The maximum Gasteiger partial charge on any atom is 0.498 e. The van der Waals surface area contributed by atoms with Gasteiger partial charge in [0.15, 0.2) is 10.8 Å². The maximum absolute atomic E-state index is 12.4. The first-order valence-corrected chi connectivity index (χ1v) is 9.27. The van der Waals surface area contributed by atoms with Crippen molar-refractivity contribution in [3.8, 4) is 5.75 Å². The Bertz CT molecular complexity index is 1020. The third-order valence-corrected chi connectivity index (χ3v) is 5.30. The number of methoxy groups -OCH3 is 1. The number of hydrogen-bond acceptors (Lipinski definition) is 7. The highest BCUT2D eigenvalue weighted by Crippen LogP contribution is 2.38. The monoisotopic (exact) mass is 421 g/mol. The topological polar surface area (TPSA) is 94.6 Å². The zero-order valence-corrected chi connectivity index (χ0v) is 17.5. The van der Waals surface area contributed by atoms with E-state index >= 15 is 0 Å². The van der Waals surface area contributed by atoms with Crippen LogP contribution in [0.5, 0.6) is 5.75 Å². The quantitative estimate of drug-likeness (QED) is 0.716. The van der Waals surface area contributed by atoms with Crippen molar-refractivity contribution in [2.45, 2.75) is 38.9 Å². The molecule has 1 aromatic carbocycles. The Labute approximate surface area is 179 Å². The highest BCUT2D eigenvalue weighted by molar-refractivity contribution is 6.63. The van der Waals surface area contributed by atoms with Gasteiger partial charge in [-0.25, -0.2) is 0 Å². The summed E-state index contributed by atoms with van der Waals surface area (Å²) >= 11 is 5.96. The van der Waals surface area contributed by atoms with E-state index in [9.17, 15) is 4.79 Å². The van der Waals surface area contributed by atoms with Gasteiger partial charge in [0.2, 0.25) is 0 Å². The van der Waals surface area contributed by atoms with Crippen LogP contribution in [0.1, 0.15) is 42.3 Å². The summed E-state index contributed by atoms with van der Waals surface area (Å²) in [6.07, 6.45) is 0. The molecule has 0 bridgehead atoms. The van der Waals surface area contributed by atoms with Gasteiger partial charge in [0.05, 0.1) is 29.7 Å². The molecule has 154 valence electrons. The van der Waals surface area contributed by atoms with Gasteiger partial charge in [-0.05, 0) is 33.8 Å². The number of carbonyl (C=O) groups excluding carboxylic acids is 1. The van der Waals surface area contributed by atoms with Crippen LogP contribution >= 0.6 is 11.6 Å². The first-order valence-electron chi connectivity index (χ1n) is 10.4. The van der Waals surface area contributed by atoms with Gasteiger partial charge in [-0.2, -0.15) is 0 Å². The van der Waals surface area contributed by atoms with E-state index in [0.29, 0.717) is 16.9 Å². The molecule has 0 saturated carbocycles. The molecule has 0 aliphatic carbocycles. The lowest BCUT2D eigenvalue weighted by atomic mass is 9.78. The second-order valence-corrected chi connectivity index (χ2v) is 7.91. The van der Waals surface area contributed by atoms with Gasteiger partial charge in [0, 0.05) is 22.6 Å². The van der Waals surface area contributed by atoms with Crippen molar-refractivity contribution in [2.75, 3.05) is 19.4 Å². The van der Waals surface area contributed by atoms with Crippen molar-refractivity contribution in [3.63, 3.8) is 0 Å². The lowest BCUT2D eigenvalue weighted by Gasteiger charge is -2.32. The second kappa shape index (κ2) is 7.81. The highest BCUT2D eigenvalue weighted by atomic mass is 35.5. The molecule has 0 unspecified atom stereocenters. The van der Waals surface area contributed by atoms with Gasteiger partial charge in [0.1, 0.15) is 5.75 Å². The molecule has 29 heavy (non-hydrogen) atoms. The molecule has 1 aromatic heterocycles. The van der Waals surface area contributed by atoms with Gasteiger partial charge >= 0.3 is 7.12 Å². The van der Waals surface area contributed by atoms with Crippen molar-refractivity contribution < 1.29 is 23.0 Å². The number of carbonyl (C=O) groups is 1. The molecule has 2 aromatic rings. The number of amides is 1. The van der Waals surface area contributed by atoms with Crippen LogP contribution in [0.25, 0.3) is 0 Å². The number of hydrogen-bond donors (Lipinski definition) is 2. The van der Waals surface area contributed by atoms with Crippen molar-refractivity contribution in [3.05, 3.63) is 35.1 Å². The van der Waals surface area contributed by atoms with Crippen molar-refractivity contribution in [2.24, 2.45) is 0 Å². The van der Waals surface area contributed by atoms with Crippen molar-refractivity contribution in [1.29, 1.82) is 0 Å². The average Bonchev–Trinajstić information content (AvgIpc) is 2.87. The molecular weight excluding hydrogens is 394 g/mol. The molecule has 0 radical (unpaired) electrons. The minimum absolute atomic E-state index is 0.0130. The molecule has 0 spiro atoms. The fraction of sp³-hybridized carbons (Fsp3) is 0.421. The molecule has 2 N–H and O–H groups in total. The van der Waals surface area contributed by atoms with Gasteiger partial charge in [-0.1, -0.05) is 23.7 Å². The van der Waals surface area contributed by atoms with E-state index in [2.05, 4.69) is 15.5 Å². The molecular formula is C19H24BClN4O4. The number of rotatable bonds is 5. The van der Waals surface area contributed by atoms with Crippen LogP contribution in [-0.4, -0.2) is 48.5 Å². The average molecular weight is 422 g/mol. The van der Waals surface area contributed by atoms with E-state index in [1.807, 2.05) is 39.1 Å². The van der Waals surface area contributed by atoms with Gasteiger partial charge < -0.3 is 24.7 Å². The molecule has 1 aliphatic rings. The Morgan fingerprint density at radius 3 is 2.52 bits per heavy atom. The summed E-state index contributed by atoms with van der Waals surface area (Å²) in [5, 5.41) is 12.3. The summed E-state index contributed by atoms with van der Waals surface area (Å²) in [5.74, 6) is -0.515. The standard InChI is InChI=1S/C19H24BClN4O4/c1-18(2)19(3,4)29-20(28-18)11-8-7-9-12(16(11)27-6)23-13-10-14(21)24-25-15(13)17(26)22-5/h7-10H,1-6H3,(H,22,26)(H,23,24)/i5D3. The molecule has 2 heterocycles. The zero-order valence-electron chi connectivity index (χ0n) is 19.8. The summed E-state index contributed by atoms with van der Waals surface area (Å²) in [5.41, 5.74) is -0.0844. The van der Waals surface area contributed by atoms with Crippen LogP contribution in [0.2, 0.25) is 5.15 Å². The largest absolute Gasteiger partial charge is 0.498 e. The van der Waals surface area contributed by atoms with E-state index in [1.54, 1.807) is 12.1 Å². The van der Waals surface area contributed by atoms with E-state index in [1.165, 1.54) is 13.2 Å². The van der Waals surface area contributed by atoms with Gasteiger partial charge in [-0.3, -0.25) is 4.79 Å². The molecule has 1 amide bonds. The summed E-state index contributed by atoms with van der Waals surface area (Å²) in [6.45, 7) is 5.10. The van der Waals surface area contributed by atoms with Crippen LogP contribution in [0, 0.1) is 0 Å². The first-order chi connectivity index (χ1) is 14.7. The number of halogens is 1. The Kier molecular flexibility index (Phi) is 4.72. The third kappa shape index (κ3) is 4.03. The number of ether oxygens (including phenoxy) is 1. The number of para-hydroxylation sites is 1. The molecule has 0 atom stereocenters. The number of aromatic nitrogens is 2. The molecule has 1 saturated heterocycles. The summed E-state index contributed by atoms with van der Waals surface area (Å²) < 4.78 is 39.7. The van der Waals surface area contributed by atoms with E-state index in [4.69, 9.17) is 29.8 Å². The molecule has 3 rings (SSSR count). The predicted octanol–water partition coefficient (Wildman–Crippen LogP) is 2.54. The summed E-state index contributed by atoms with van der Waals surface area (Å²) in [6, 6.07) is 6.66. The van der Waals surface area contributed by atoms with Gasteiger partial charge in [0.25, 0.3) is 5.91 Å². The summed E-state index contributed by atoms with van der Waals surface area (Å²) in [7, 11) is 0.809. The molecule has 1 aliphatic heterocycles. The minimum Gasteiger partial charge on any atom is -0.495 e. The number of nitrogens with zero attached hydrogens (tertiary/aromatic N) is 2. The third-order valence-electron chi connectivity index (χ3n) is 5.12. The Balaban J connectivity index is 1.99. The van der Waals surface area contributed by atoms with Crippen molar-refractivity contribution >= 4 is 41.5 Å². The fourth-order valence-electron chi connectivity index (χ4n) is 2.87. The lowest BCUT2D eigenvalue weighted by molar-refractivity contribution is 0.00578. The van der Waals surface area contributed by atoms with Crippen LogP contribution in [0.15, 0.2) is 24.3 Å². The Morgan fingerprint density at radius 1 is 1.21 bits per heavy atom. The molecule has 1 fully saturated rings. The Morgan fingerprint density at radius 2 is 1.90 bits per heavy atom. The maximum atomic E-state index is 12.4.